The number of nitrogens with zero attached hydrogens (tertiary/aromatic N) is 1. The summed E-state index contributed by atoms with van der Waals surface area (Å²) in [5, 5.41) is 8.09. The molecule has 0 saturated carbocycles. The van der Waals surface area contributed by atoms with E-state index in [1.165, 1.54) is 18.4 Å². The number of esters is 1. The summed E-state index contributed by atoms with van der Waals surface area (Å²) in [6.45, 7) is 1.88. The van der Waals surface area contributed by atoms with Gasteiger partial charge in [-0.2, -0.15) is 0 Å². The molecule has 0 radical (unpaired) electrons. The Morgan fingerprint density at radius 2 is 2.24 bits per heavy atom. The lowest BCUT2D eigenvalue weighted by Gasteiger charge is -1.99. The van der Waals surface area contributed by atoms with Crippen molar-refractivity contribution in [1.82, 2.24) is 4.98 Å². The molecule has 0 aliphatic heterocycles. The van der Waals surface area contributed by atoms with Gasteiger partial charge in [-0.3, -0.25) is 0 Å². The van der Waals surface area contributed by atoms with E-state index in [0.29, 0.717) is 10.0 Å². The van der Waals surface area contributed by atoms with E-state index in [4.69, 9.17) is 5.14 Å². The number of nitrogens with one attached hydrogen (secondary N) is 1. The van der Waals surface area contributed by atoms with E-state index >= 15 is 0 Å². The average molecular weight is 279 g/mol. The molecule has 7 nitrogen and oxygen atoms in total. The van der Waals surface area contributed by atoms with E-state index in [1.54, 1.807) is 6.92 Å². The predicted molar refractivity (Wildman–Crippen MR) is 64.7 cm³/mol. The van der Waals surface area contributed by atoms with Crippen LogP contribution in [0.4, 0.5) is 5.13 Å². The van der Waals surface area contributed by atoms with Crippen LogP contribution in [-0.2, 0) is 14.8 Å². The Bertz CT molecular complexity index is 509. The summed E-state index contributed by atoms with van der Waals surface area (Å²) in [5.74, 6) is -0.711. The summed E-state index contributed by atoms with van der Waals surface area (Å²) < 4.78 is 25.9. The van der Waals surface area contributed by atoms with E-state index in [-0.39, 0.29) is 18.0 Å². The largest absolute Gasteiger partial charge is 0.464 e. The second-order valence-electron chi connectivity index (χ2n) is 3.21. The van der Waals surface area contributed by atoms with E-state index in [0.717, 1.165) is 0 Å². The molecule has 0 fully saturated rings. The minimum atomic E-state index is -3.50. The van der Waals surface area contributed by atoms with Crippen LogP contribution in [0, 0.1) is 6.92 Å². The third kappa shape index (κ3) is 4.29. The number of anilines is 1. The maximum Gasteiger partial charge on any atom is 0.357 e. The zero-order valence-electron chi connectivity index (χ0n) is 9.39. The van der Waals surface area contributed by atoms with Crippen LogP contribution in [0.1, 0.15) is 15.4 Å². The van der Waals surface area contributed by atoms with Crippen LogP contribution in [0.25, 0.3) is 0 Å². The maximum atomic E-state index is 11.3. The van der Waals surface area contributed by atoms with Gasteiger partial charge in [-0.1, -0.05) is 0 Å². The number of rotatable bonds is 5. The van der Waals surface area contributed by atoms with Crippen molar-refractivity contribution in [2.24, 2.45) is 5.14 Å². The lowest BCUT2D eigenvalue weighted by atomic mass is 10.4. The molecule has 1 aromatic heterocycles. The van der Waals surface area contributed by atoms with E-state index in [1.807, 2.05) is 0 Å². The van der Waals surface area contributed by atoms with Gasteiger partial charge in [-0.05, 0) is 6.92 Å². The standard InChI is InChI=1S/C8H13N3O4S2/c1-5-6(7(12)15-2)11-8(16-5)10-3-4-17(9,13)14/h3-4H2,1-2H3,(H,10,11)(H2,9,13,14). The molecular formula is C8H13N3O4S2. The Morgan fingerprint density at radius 1 is 1.59 bits per heavy atom. The summed E-state index contributed by atoms with van der Waals surface area (Å²) in [4.78, 5) is 16.0. The molecule has 0 spiro atoms. The Balaban J connectivity index is 2.65. The van der Waals surface area contributed by atoms with Crippen LogP contribution in [0.3, 0.4) is 0 Å². The third-order valence-corrected chi connectivity index (χ3v) is 3.54. The Morgan fingerprint density at radius 3 is 2.76 bits per heavy atom. The number of hydrogen-bond acceptors (Lipinski definition) is 7. The first-order chi connectivity index (χ1) is 7.83. The molecule has 0 amide bonds. The van der Waals surface area contributed by atoms with E-state index in [2.05, 4.69) is 15.0 Å². The Labute approximate surface area is 103 Å². The molecule has 0 aliphatic rings. The van der Waals surface area contributed by atoms with Crippen molar-refractivity contribution in [2.75, 3.05) is 24.7 Å². The molecule has 0 aliphatic carbocycles. The number of sulfonamides is 1. The van der Waals surface area contributed by atoms with Crippen molar-refractivity contribution in [2.45, 2.75) is 6.92 Å². The average Bonchev–Trinajstić information content (AvgIpc) is 2.57. The first-order valence-electron chi connectivity index (χ1n) is 4.63. The fourth-order valence-corrected chi connectivity index (χ4v) is 2.27. The van der Waals surface area contributed by atoms with Crippen LogP contribution in [0.5, 0.6) is 0 Å². The quantitative estimate of drug-likeness (QED) is 0.730. The second-order valence-corrected chi connectivity index (χ2v) is 6.15. The van der Waals surface area contributed by atoms with Crippen LogP contribution in [0.2, 0.25) is 0 Å². The molecule has 17 heavy (non-hydrogen) atoms. The van der Waals surface area contributed by atoms with Crippen LogP contribution < -0.4 is 10.5 Å². The second kappa shape index (κ2) is 5.43. The number of methoxy groups -OCH3 is 1. The SMILES string of the molecule is COC(=O)c1nc(NCCS(N)(=O)=O)sc1C. The number of carbonyl (C=O) groups is 1. The maximum absolute atomic E-state index is 11.3. The first kappa shape index (κ1) is 13.9. The third-order valence-electron chi connectivity index (χ3n) is 1.84. The molecular weight excluding hydrogens is 266 g/mol. The number of aromatic nitrogens is 1. The smallest absolute Gasteiger partial charge is 0.357 e. The van der Waals surface area contributed by atoms with E-state index in [9.17, 15) is 13.2 Å². The summed E-state index contributed by atoms with van der Waals surface area (Å²) >= 11 is 1.25. The zero-order chi connectivity index (χ0) is 13.1. The van der Waals surface area contributed by atoms with Crippen molar-refractivity contribution in [3.8, 4) is 0 Å². The van der Waals surface area contributed by atoms with Crippen LogP contribution >= 0.6 is 11.3 Å². The highest BCUT2D eigenvalue weighted by molar-refractivity contribution is 7.89. The number of aryl methyl sites for hydroxylation is 1. The fourth-order valence-electron chi connectivity index (χ4n) is 1.06. The van der Waals surface area contributed by atoms with Crippen molar-refractivity contribution in [3.63, 3.8) is 0 Å². The molecule has 0 unspecified atom stereocenters. The summed E-state index contributed by atoms with van der Waals surface area (Å²) in [6.07, 6.45) is 0. The predicted octanol–water partition coefficient (Wildman–Crippen LogP) is -0.0615. The molecule has 1 heterocycles. The van der Waals surface area contributed by atoms with Gasteiger partial charge in [0.25, 0.3) is 0 Å². The van der Waals surface area contributed by atoms with Crippen molar-refractivity contribution in [1.29, 1.82) is 0 Å². The summed E-state index contributed by atoms with van der Waals surface area (Å²) in [5.41, 5.74) is 0.232. The highest BCUT2D eigenvalue weighted by Gasteiger charge is 2.15. The minimum absolute atomic E-state index is 0.145. The van der Waals surface area contributed by atoms with E-state index < -0.39 is 16.0 Å². The normalized spacial score (nSPS) is 11.2. The Kier molecular flexibility index (Phi) is 4.43. The number of ether oxygens (including phenoxy) is 1. The number of primary sulfonamides is 1. The lowest BCUT2D eigenvalue weighted by Crippen LogP contribution is -2.22. The number of thiazole rings is 1. The summed E-state index contributed by atoms with van der Waals surface area (Å²) in [7, 11) is -2.22. The van der Waals surface area contributed by atoms with Gasteiger partial charge in [-0.25, -0.2) is 23.3 Å². The van der Waals surface area contributed by atoms with Gasteiger partial charge in [0.2, 0.25) is 10.0 Å². The highest BCUT2D eigenvalue weighted by atomic mass is 32.2. The molecule has 0 atom stereocenters. The van der Waals surface area contributed by atoms with Gasteiger partial charge in [0.15, 0.2) is 10.8 Å². The van der Waals surface area contributed by atoms with Crippen molar-refractivity contribution >= 4 is 32.5 Å². The Hall–Kier alpha value is -1.19. The van der Waals surface area contributed by atoms with Crippen LogP contribution in [0.15, 0.2) is 0 Å². The van der Waals surface area contributed by atoms with Crippen molar-refractivity contribution in [3.05, 3.63) is 10.6 Å². The molecule has 1 rings (SSSR count). The van der Waals surface area contributed by atoms with Crippen LogP contribution in [-0.4, -0.2) is 38.8 Å². The number of nitrogens with two attached hydrogens (primary N) is 1. The lowest BCUT2D eigenvalue weighted by molar-refractivity contribution is 0.0594. The zero-order valence-corrected chi connectivity index (χ0v) is 11.0. The van der Waals surface area contributed by atoms with Gasteiger partial charge in [0.05, 0.1) is 12.9 Å². The molecule has 3 N–H and O–H groups in total. The molecule has 1 aromatic rings. The minimum Gasteiger partial charge on any atom is -0.464 e. The number of carbonyl (C=O) groups excluding carboxylic acids is 1. The highest BCUT2D eigenvalue weighted by Crippen LogP contribution is 2.22. The van der Waals surface area contributed by atoms with Gasteiger partial charge in [0.1, 0.15) is 0 Å². The van der Waals surface area contributed by atoms with Gasteiger partial charge >= 0.3 is 5.97 Å². The van der Waals surface area contributed by atoms with Crippen molar-refractivity contribution < 1.29 is 17.9 Å². The first-order valence-corrected chi connectivity index (χ1v) is 7.17. The molecule has 0 aromatic carbocycles. The summed E-state index contributed by atoms with van der Waals surface area (Å²) in [6, 6.07) is 0. The van der Waals surface area contributed by atoms with Gasteiger partial charge in [0, 0.05) is 11.4 Å². The molecule has 9 heteroatoms. The molecule has 0 saturated heterocycles. The fraction of sp³-hybridized carbons (Fsp3) is 0.500. The molecule has 96 valence electrons. The van der Waals surface area contributed by atoms with Gasteiger partial charge < -0.3 is 10.1 Å². The van der Waals surface area contributed by atoms with Gasteiger partial charge in [-0.15, -0.1) is 11.3 Å². The molecule has 0 bridgehead atoms. The number of hydrogen-bond donors (Lipinski definition) is 2. The topological polar surface area (TPSA) is 111 Å². The monoisotopic (exact) mass is 279 g/mol.